The summed E-state index contributed by atoms with van der Waals surface area (Å²) in [4.78, 5) is 36.4. The molecule has 0 atom stereocenters. The minimum Gasteiger partial charge on any atom is -0.308 e. The highest BCUT2D eigenvalue weighted by Gasteiger charge is 2.17. The number of hydrogen-bond donors (Lipinski definition) is 2. The summed E-state index contributed by atoms with van der Waals surface area (Å²) in [6.45, 7) is 3.23. The summed E-state index contributed by atoms with van der Waals surface area (Å²) in [7, 11) is 1.60. The summed E-state index contributed by atoms with van der Waals surface area (Å²) in [5.74, 6) is 0.307. The van der Waals surface area contributed by atoms with Gasteiger partial charge in [-0.1, -0.05) is 30.3 Å². The van der Waals surface area contributed by atoms with Crippen LogP contribution in [0.3, 0.4) is 0 Å². The van der Waals surface area contributed by atoms with E-state index in [9.17, 15) is 14.4 Å². The molecule has 0 aliphatic carbocycles. The average Bonchev–Trinajstić information content (AvgIpc) is 2.86. The first kappa shape index (κ1) is 18.2. The molecule has 2 amide bonds. The van der Waals surface area contributed by atoms with E-state index >= 15 is 0 Å². The van der Waals surface area contributed by atoms with Crippen LogP contribution in [0.2, 0.25) is 0 Å². The number of benzene rings is 2. The third-order valence-electron chi connectivity index (χ3n) is 4.27. The van der Waals surface area contributed by atoms with Crippen LogP contribution in [0.1, 0.15) is 23.0 Å². The van der Waals surface area contributed by atoms with E-state index in [-0.39, 0.29) is 11.5 Å². The van der Waals surface area contributed by atoms with Gasteiger partial charge in [-0.05, 0) is 38.1 Å². The van der Waals surface area contributed by atoms with Gasteiger partial charge in [-0.2, -0.15) is 0 Å². The molecular formula is C20H20N4O3. The number of para-hydroxylation sites is 1. The number of rotatable bonds is 4. The van der Waals surface area contributed by atoms with Crippen LogP contribution in [0.25, 0.3) is 5.69 Å². The first-order chi connectivity index (χ1) is 12.9. The lowest BCUT2D eigenvalue weighted by molar-refractivity contribution is 0.101. The summed E-state index contributed by atoms with van der Waals surface area (Å²) in [5, 5.41) is 5.40. The molecule has 0 saturated heterocycles. The molecule has 27 heavy (non-hydrogen) atoms. The number of nitrogens with zero attached hydrogens (tertiary/aromatic N) is 2. The number of carbonyl (C=O) groups is 2. The van der Waals surface area contributed by atoms with Gasteiger partial charge in [0.25, 0.3) is 0 Å². The Morgan fingerprint density at radius 3 is 2.33 bits per heavy atom. The van der Waals surface area contributed by atoms with Crippen molar-refractivity contribution in [3.8, 4) is 5.69 Å². The molecule has 0 saturated carbocycles. The van der Waals surface area contributed by atoms with Crippen molar-refractivity contribution in [2.24, 2.45) is 7.05 Å². The maximum absolute atomic E-state index is 12.6. The number of ketones is 1. The number of carbonyl (C=O) groups excluding carboxylic acids is 2. The summed E-state index contributed by atoms with van der Waals surface area (Å²) in [6.07, 6.45) is 0. The molecule has 7 heteroatoms. The summed E-state index contributed by atoms with van der Waals surface area (Å²) < 4.78 is 2.92. The number of anilines is 2. The number of Topliss-reactive ketones (excluding diaryl/α,β-unsaturated/α-hetero) is 1. The molecule has 0 spiro atoms. The van der Waals surface area contributed by atoms with Gasteiger partial charge in [0.05, 0.1) is 11.4 Å². The lowest BCUT2D eigenvalue weighted by Crippen LogP contribution is -2.24. The van der Waals surface area contributed by atoms with Crippen molar-refractivity contribution in [2.45, 2.75) is 13.8 Å². The van der Waals surface area contributed by atoms with Gasteiger partial charge in [0.2, 0.25) is 0 Å². The number of imidazole rings is 1. The quantitative estimate of drug-likeness (QED) is 0.697. The Kier molecular flexibility index (Phi) is 4.94. The monoisotopic (exact) mass is 364 g/mol. The highest BCUT2D eigenvalue weighted by molar-refractivity contribution is 6.01. The Hall–Kier alpha value is -3.61. The second-order valence-corrected chi connectivity index (χ2v) is 6.16. The van der Waals surface area contributed by atoms with Gasteiger partial charge < -0.3 is 5.32 Å². The first-order valence-corrected chi connectivity index (χ1v) is 8.41. The van der Waals surface area contributed by atoms with Crippen molar-refractivity contribution in [2.75, 3.05) is 10.6 Å². The molecule has 0 aliphatic heterocycles. The van der Waals surface area contributed by atoms with Crippen molar-refractivity contribution in [3.05, 3.63) is 76.3 Å². The number of hydrogen-bond acceptors (Lipinski definition) is 3. The third kappa shape index (κ3) is 3.67. The molecule has 3 rings (SSSR count). The van der Waals surface area contributed by atoms with Crippen molar-refractivity contribution in [1.29, 1.82) is 0 Å². The van der Waals surface area contributed by atoms with Gasteiger partial charge in [-0.25, -0.2) is 9.59 Å². The summed E-state index contributed by atoms with van der Waals surface area (Å²) >= 11 is 0. The fourth-order valence-corrected chi connectivity index (χ4v) is 2.88. The smallest absolute Gasteiger partial charge is 0.308 e. The molecule has 2 aromatic carbocycles. The highest BCUT2D eigenvalue weighted by atomic mass is 16.2. The van der Waals surface area contributed by atoms with Crippen LogP contribution in [-0.4, -0.2) is 20.9 Å². The SMILES string of the molecule is CC(=O)c1cccc(NC(=O)Nc2c(C)n(-c3ccccc3)c(=O)n2C)c1. The molecule has 0 fully saturated rings. The van der Waals surface area contributed by atoms with E-state index in [1.165, 1.54) is 16.1 Å². The topological polar surface area (TPSA) is 85.1 Å². The zero-order chi connectivity index (χ0) is 19.6. The van der Waals surface area contributed by atoms with E-state index in [1.807, 2.05) is 30.3 Å². The Balaban J connectivity index is 1.86. The Morgan fingerprint density at radius 2 is 1.67 bits per heavy atom. The van der Waals surface area contributed by atoms with Crippen molar-refractivity contribution < 1.29 is 9.59 Å². The van der Waals surface area contributed by atoms with E-state index in [4.69, 9.17) is 0 Å². The second-order valence-electron chi connectivity index (χ2n) is 6.16. The lowest BCUT2D eigenvalue weighted by Gasteiger charge is -2.10. The van der Waals surface area contributed by atoms with Crippen LogP contribution >= 0.6 is 0 Å². The Labute approximate surface area is 156 Å². The van der Waals surface area contributed by atoms with Crippen molar-refractivity contribution in [3.63, 3.8) is 0 Å². The predicted octanol–water partition coefficient (Wildman–Crippen LogP) is 3.33. The van der Waals surface area contributed by atoms with Gasteiger partial charge in [0.1, 0.15) is 5.82 Å². The summed E-state index contributed by atoms with van der Waals surface area (Å²) in [6, 6.07) is 15.4. The molecular weight excluding hydrogens is 344 g/mol. The highest BCUT2D eigenvalue weighted by Crippen LogP contribution is 2.18. The first-order valence-electron chi connectivity index (χ1n) is 8.41. The number of nitrogens with one attached hydrogen (secondary N) is 2. The minimum absolute atomic E-state index is 0.0859. The van der Waals surface area contributed by atoms with Crippen LogP contribution in [0, 0.1) is 6.92 Å². The minimum atomic E-state index is -0.500. The number of amides is 2. The number of aromatic nitrogens is 2. The van der Waals surface area contributed by atoms with Gasteiger partial charge in [-0.3, -0.25) is 19.2 Å². The van der Waals surface area contributed by atoms with Crippen LogP contribution in [0.15, 0.2) is 59.4 Å². The normalized spacial score (nSPS) is 10.5. The maximum Gasteiger partial charge on any atom is 0.334 e. The Morgan fingerprint density at radius 1 is 0.963 bits per heavy atom. The Bertz CT molecular complexity index is 1060. The van der Waals surface area contributed by atoms with E-state index in [1.54, 1.807) is 38.2 Å². The van der Waals surface area contributed by atoms with Crippen LogP contribution in [0.5, 0.6) is 0 Å². The molecule has 0 unspecified atom stereocenters. The largest absolute Gasteiger partial charge is 0.334 e. The second kappa shape index (κ2) is 7.33. The van der Waals surface area contributed by atoms with Crippen LogP contribution in [-0.2, 0) is 7.05 Å². The third-order valence-corrected chi connectivity index (χ3v) is 4.27. The standard InChI is InChI=1S/C20H20N4O3/c1-13-18(23(3)20(27)24(13)17-10-5-4-6-11-17)22-19(26)21-16-9-7-8-15(12-16)14(2)25/h4-12H,1-3H3,(H2,21,22,26). The molecule has 2 N–H and O–H groups in total. The van der Waals surface area contributed by atoms with Gasteiger partial charge >= 0.3 is 11.7 Å². The van der Waals surface area contributed by atoms with Crippen molar-refractivity contribution >= 4 is 23.3 Å². The molecule has 1 aromatic heterocycles. The molecule has 0 aliphatic rings. The number of urea groups is 1. The fourth-order valence-electron chi connectivity index (χ4n) is 2.88. The fraction of sp³-hybridized carbons (Fsp3) is 0.150. The molecule has 3 aromatic rings. The maximum atomic E-state index is 12.6. The van der Waals surface area contributed by atoms with Gasteiger partial charge in [-0.15, -0.1) is 0 Å². The molecule has 0 radical (unpaired) electrons. The van der Waals surface area contributed by atoms with Crippen LogP contribution in [0.4, 0.5) is 16.3 Å². The van der Waals surface area contributed by atoms with Crippen LogP contribution < -0.4 is 16.3 Å². The zero-order valence-corrected chi connectivity index (χ0v) is 15.3. The zero-order valence-electron chi connectivity index (χ0n) is 15.3. The molecule has 1 heterocycles. The predicted molar refractivity (Wildman–Crippen MR) is 105 cm³/mol. The van der Waals surface area contributed by atoms with Gasteiger partial charge in [0, 0.05) is 18.3 Å². The van der Waals surface area contributed by atoms with Gasteiger partial charge in [0.15, 0.2) is 5.78 Å². The molecule has 7 nitrogen and oxygen atoms in total. The summed E-state index contributed by atoms with van der Waals surface area (Å²) in [5.41, 5.74) is 2.07. The van der Waals surface area contributed by atoms with E-state index in [0.29, 0.717) is 22.8 Å². The van der Waals surface area contributed by atoms with E-state index < -0.39 is 6.03 Å². The lowest BCUT2D eigenvalue weighted by atomic mass is 10.1. The van der Waals surface area contributed by atoms with E-state index in [0.717, 1.165) is 5.69 Å². The van der Waals surface area contributed by atoms with E-state index in [2.05, 4.69) is 10.6 Å². The molecule has 0 bridgehead atoms. The molecule has 138 valence electrons. The van der Waals surface area contributed by atoms with Crippen molar-refractivity contribution in [1.82, 2.24) is 9.13 Å². The average molecular weight is 364 g/mol.